The highest BCUT2D eigenvalue weighted by Crippen LogP contribution is 2.54. The first-order chi connectivity index (χ1) is 16.5. The summed E-state index contributed by atoms with van der Waals surface area (Å²) in [5.74, 6) is -2.28. The van der Waals surface area contributed by atoms with Gasteiger partial charge in [-0.25, -0.2) is 4.90 Å². The Balaban J connectivity index is 1.51. The third-order valence-electron chi connectivity index (χ3n) is 6.95. The maximum atomic E-state index is 13.8. The van der Waals surface area contributed by atoms with Gasteiger partial charge in [-0.15, -0.1) is 0 Å². The van der Waals surface area contributed by atoms with Gasteiger partial charge in [0.15, 0.2) is 5.78 Å². The fourth-order valence-electron chi connectivity index (χ4n) is 5.52. The molecule has 3 aliphatic heterocycles. The molecule has 0 aliphatic carbocycles. The number of Topliss-reactive ketones (excluding diaryl/α,β-unsaturated/α-hetero) is 1. The van der Waals surface area contributed by atoms with Gasteiger partial charge >= 0.3 is 0 Å². The molecule has 0 aromatic heterocycles. The number of carbonyl (C=O) groups excluding carboxylic acids is 3. The topological polar surface area (TPSA) is 57.7 Å². The van der Waals surface area contributed by atoms with E-state index in [1.54, 1.807) is 48.5 Å². The van der Waals surface area contributed by atoms with Crippen LogP contribution in [0.3, 0.4) is 0 Å². The fraction of sp³-hybridized carbons (Fsp3) is 0.148. The van der Waals surface area contributed by atoms with Crippen molar-refractivity contribution in [2.45, 2.75) is 12.1 Å². The van der Waals surface area contributed by atoms with Crippen LogP contribution in [0.25, 0.3) is 6.08 Å². The van der Waals surface area contributed by atoms with Gasteiger partial charge < -0.3 is 4.90 Å². The van der Waals surface area contributed by atoms with E-state index in [0.717, 1.165) is 15.6 Å². The Bertz CT molecular complexity index is 1370. The molecular weight excluding hydrogens is 516 g/mol. The highest BCUT2D eigenvalue weighted by molar-refractivity contribution is 9.10. The molecular formula is C27H18BrClN2O3. The van der Waals surface area contributed by atoms with E-state index in [2.05, 4.69) is 15.9 Å². The standard InChI is InChI=1S/C27H18BrClN2O3/c28-20-8-4-7-19-18(20)13-14-30-23(19)21-22(24(30)25(32)15-9-11-16(29)12-10-15)27(34)31(26(21)33)17-5-2-1-3-6-17/h1-14,21-24H/t21-,22+,23?,24?/m0/s1. The lowest BCUT2D eigenvalue weighted by molar-refractivity contribution is -0.123. The molecule has 3 heterocycles. The smallest absolute Gasteiger partial charge is 0.240 e. The van der Waals surface area contributed by atoms with Gasteiger partial charge in [0.25, 0.3) is 0 Å². The van der Waals surface area contributed by atoms with Gasteiger partial charge in [0.1, 0.15) is 6.04 Å². The molecule has 0 radical (unpaired) electrons. The minimum Gasteiger partial charge on any atom is -0.358 e. The van der Waals surface area contributed by atoms with Crippen LogP contribution in [0.15, 0.2) is 83.5 Å². The number of anilines is 1. The van der Waals surface area contributed by atoms with E-state index in [0.29, 0.717) is 16.3 Å². The molecule has 7 heteroatoms. The van der Waals surface area contributed by atoms with Crippen LogP contribution in [-0.4, -0.2) is 28.5 Å². The number of nitrogens with zero attached hydrogens (tertiary/aromatic N) is 2. The molecule has 5 nitrogen and oxygen atoms in total. The van der Waals surface area contributed by atoms with Crippen molar-refractivity contribution in [2.75, 3.05) is 4.90 Å². The van der Waals surface area contributed by atoms with Crippen molar-refractivity contribution < 1.29 is 14.4 Å². The summed E-state index contributed by atoms with van der Waals surface area (Å²) >= 11 is 9.64. The van der Waals surface area contributed by atoms with E-state index >= 15 is 0 Å². The number of imide groups is 1. The fourth-order valence-corrected chi connectivity index (χ4v) is 6.16. The third-order valence-corrected chi connectivity index (χ3v) is 7.89. The summed E-state index contributed by atoms with van der Waals surface area (Å²) in [4.78, 5) is 44.6. The van der Waals surface area contributed by atoms with Crippen molar-refractivity contribution in [3.63, 3.8) is 0 Å². The van der Waals surface area contributed by atoms with Crippen LogP contribution in [0.2, 0.25) is 5.02 Å². The maximum Gasteiger partial charge on any atom is 0.240 e. The summed E-state index contributed by atoms with van der Waals surface area (Å²) in [5, 5.41) is 0.526. The Hall–Kier alpha value is -3.22. The lowest BCUT2D eigenvalue weighted by atomic mass is 9.83. The van der Waals surface area contributed by atoms with Crippen LogP contribution in [0, 0.1) is 11.8 Å². The van der Waals surface area contributed by atoms with Gasteiger partial charge in [-0.1, -0.05) is 57.9 Å². The van der Waals surface area contributed by atoms with Crippen molar-refractivity contribution >= 4 is 56.9 Å². The zero-order valence-corrected chi connectivity index (χ0v) is 20.1. The van der Waals surface area contributed by atoms with Crippen molar-refractivity contribution in [3.05, 3.63) is 105 Å². The van der Waals surface area contributed by atoms with Gasteiger partial charge in [-0.2, -0.15) is 0 Å². The molecule has 2 unspecified atom stereocenters. The van der Waals surface area contributed by atoms with E-state index < -0.39 is 23.9 Å². The van der Waals surface area contributed by atoms with Gasteiger partial charge in [-0.3, -0.25) is 14.4 Å². The molecule has 3 aromatic carbocycles. The molecule has 4 atom stereocenters. The number of hydrogen-bond acceptors (Lipinski definition) is 4. The maximum absolute atomic E-state index is 13.8. The van der Waals surface area contributed by atoms with Crippen molar-refractivity contribution in [1.82, 2.24) is 4.90 Å². The normalized spacial score (nSPS) is 24.8. The molecule has 3 aromatic rings. The summed E-state index contributed by atoms with van der Waals surface area (Å²) in [7, 11) is 0. The van der Waals surface area contributed by atoms with Crippen LogP contribution < -0.4 is 4.90 Å². The van der Waals surface area contributed by atoms with E-state index in [1.807, 2.05) is 41.4 Å². The minimum atomic E-state index is -0.801. The molecule has 0 bridgehead atoms. The summed E-state index contributed by atoms with van der Waals surface area (Å²) in [5.41, 5.74) is 2.87. The van der Waals surface area contributed by atoms with Gasteiger partial charge in [-0.05, 0) is 59.7 Å². The average Bonchev–Trinajstić information content (AvgIpc) is 3.32. The van der Waals surface area contributed by atoms with Crippen LogP contribution in [0.1, 0.15) is 27.5 Å². The van der Waals surface area contributed by atoms with Gasteiger partial charge in [0, 0.05) is 21.3 Å². The zero-order valence-electron chi connectivity index (χ0n) is 17.8. The molecule has 0 spiro atoms. The number of amides is 2. The molecule has 2 amide bonds. The van der Waals surface area contributed by atoms with Crippen LogP contribution in [0.5, 0.6) is 0 Å². The number of rotatable bonds is 3. The summed E-state index contributed by atoms with van der Waals surface area (Å²) in [6, 6.07) is 20.2. The van der Waals surface area contributed by atoms with E-state index in [9.17, 15) is 14.4 Å². The number of halogens is 2. The van der Waals surface area contributed by atoms with Crippen LogP contribution in [0.4, 0.5) is 5.69 Å². The first kappa shape index (κ1) is 21.3. The van der Waals surface area contributed by atoms with Gasteiger partial charge in [0.05, 0.1) is 23.6 Å². The van der Waals surface area contributed by atoms with Gasteiger partial charge in [0.2, 0.25) is 11.8 Å². The van der Waals surface area contributed by atoms with Crippen molar-refractivity contribution in [3.8, 4) is 0 Å². The number of fused-ring (bicyclic) bond motifs is 5. The van der Waals surface area contributed by atoms with Crippen LogP contribution in [-0.2, 0) is 9.59 Å². The molecule has 6 rings (SSSR count). The predicted molar refractivity (Wildman–Crippen MR) is 133 cm³/mol. The summed E-state index contributed by atoms with van der Waals surface area (Å²) < 4.78 is 0.904. The highest BCUT2D eigenvalue weighted by atomic mass is 79.9. The molecule has 2 saturated heterocycles. The monoisotopic (exact) mass is 532 g/mol. The number of para-hydroxylation sites is 1. The largest absolute Gasteiger partial charge is 0.358 e. The molecule has 34 heavy (non-hydrogen) atoms. The Labute approximate surface area is 209 Å². The molecule has 3 aliphatic rings. The second kappa shape index (κ2) is 7.93. The number of ketones is 1. The molecule has 0 N–H and O–H groups in total. The van der Waals surface area contributed by atoms with E-state index in [1.165, 1.54) is 4.90 Å². The Morgan fingerprint density at radius 2 is 1.56 bits per heavy atom. The highest BCUT2D eigenvalue weighted by Gasteiger charge is 2.64. The summed E-state index contributed by atoms with van der Waals surface area (Å²) in [6.07, 6.45) is 3.78. The Morgan fingerprint density at radius 1 is 0.853 bits per heavy atom. The zero-order chi connectivity index (χ0) is 23.6. The molecule has 0 saturated carbocycles. The Morgan fingerprint density at radius 3 is 2.29 bits per heavy atom. The lowest BCUT2D eigenvalue weighted by Gasteiger charge is -2.35. The first-order valence-corrected chi connectivity index (χ1v) is 12.1. The molecule has 2 fully saturated rings. The first-order valence-electron chi connectivity index (χ1n) is 10.9. The third kappa shape index (κ3) is 3.02. The van der Waals surface area contributed by atoms with Crippen molar-refractivity contribution in [2.24, 2.45) is 11.8 Å². The number of carbonyl (C=O) groups is 3. The van der Waals surface area contributed by atoms with Crippen molar-refractivity contribution in [1.29, 1.82) is 0 Å². The number of benzene rings is 3. The van der Waals surface area contributed by atoms with E-state index in [4.69, 9.17) is 11.6 Å². The average molecular weight is 534 g/mol. The summed E-state index contributed by atoms with van der Waals surface area (Å²) in [6.45, 7) is 0. The lowest BCUT2D eigenvalue weighted by Crippen LogP contribution is -2.44. The minimum absolute atomic E-state index is 0.201. The quantitative estimate of drug-likeness (QED) is 0.330. The van der Waals surface area contributed by atoms with E-state index in [-0.39, 0.29) is 17.6 Å². The van der Waals surface area contributed by atoms with Crippen LogP contribution >= 0.6 is 27.5 Å². The second-order valence-corrected chi connectivity index (χ2v) is 9.96. The SMILES string of the molecule is O=C(c1ccc(Cl)cc1)C1[C@@H]2C(=O)N(c3ccccc3)C(=O)[C@@H]2C2c3cccc(Br)c3C=CN21. The second-order valence-electron chi connectivity index (χ2n) is 8.67. The predicted octanol–water partition coefficient (Wildman–Crippen LogP) is 5.50. The number of hydrogen-bond donors (Lipinski definition) is 0. The molecule has 168 valence electrons. The Kier molecular flexibility index (Phi) is 4.97.